The van der Waals surface area contributed by atoms with Crippen molar-refractivity contribution in [1.29, 1.82) is 0 Å². The van der Waals surface area contributed by atoms with Crippen molar-refractivity contribution in [3.63, 3.8) is 0 Å². The van der Waals surface area contributed by atoms with Crippen LogP contribution in [-0.2, 0) is 11.2 Å². The first-order valence-electron chi connectivity index (χ1n) is 6.18. The van der Waals surface area contributed by atoms with Crippen LogP contribution in [0.15, 0.2) is 28.7 Å². The van der Waals surface area contributed by atoms with Crippen molar-refractivity contribution in [3.8, 4) is 0 Å². The molecule has 0 unspecified atom stereocenters. The second kappa shape index (κ2) is 5.27. The van der Waals surface area contributed by atoms with Crippen molar-refractivity contribution in [2.24, 2.45) is 5.41 Å². The second-order valence-corrected chi connectivity index (χ2v) is 7.82. The second-order valence-electron chi connectivity index (χ2n) is 5.42. The first kappa shape index (κ1) is 15.1. The van der Waals surface area contributed by atoms with E-state index >= 15 is 0 Å². The highest BCUT2D eigenvalue weighted by Gasteiger charge is 2.67. The van der Waals surface area contributed by atoms with Gasteiger partial charge in [0.1, 0.15) is 4.33 Å². The number of hydrogen-bond acceptors (Lipinski definition) is 1. The van der Waals surface area contributed by atoms with E-state index in [1.54, 1.807) is 6.92 Å². The Morgan fingerprint density at radius 2 is 1.95 bits per heavy atom. The van der Waals surface area contributed by atoms with Gasteiger partial charge in [0.2, 0.25) is 5.91 Å². The molecule has 1 aliphatic rings. The number of carbonyl (C=O) groups excluding carboxylic acids is 1. The number of benzene rings is 1. The van der Waals surface area contributed by atoms with Crippen LogP contribution >= 0.6 is 39.1 Å². The summed E-state index contributed by atoms with van der Waals surface area (Å²) in [5.41, 5.74) is 0.532. The van der Waals surface area contributed by atoms with Crippen LogP contribution in [0, 0.1) is 5.41 Å². The molecule has 1 fully saturated rings. The highest BCUT2D eigenvalue weighted by molar-refractivity contribution is 9.10. The van der Waals surface area contributed by atoms with E-state index in [-0.39, 0.29) is 11.9 Å². The van der Waals surface area contributed by atoms with Gasteiger partial charge in [-0.3, -0.25) is 4.79 Å². The largest absolute Gasteiger partial charge is 0.353 e. The quantitative estimate of drug-likeness (QED) is 0.801. The molecule has 2 nitrogen and oxygen atoms in total. The molecule has 104 valence electrons. The summed E-state index contributed by atoms with van der Waals surface area (Å²) in [6.45, 7) is 3.78. The Morgan fingerprint density at radius 3 is 2.42 bits per heavy atom. The van der Waals surface area contributed by atoms with Crippen LogP contribution in [0.3, 0.4) is 0 Å². The summed E-state index contributed by atoms with van der Waals surface area (Å²) < 4.78 is 0.140. The van der Waals surface area contributed by atoms with Gasteiger partial charge in [0, 0.05) is 10.5 Å². The molecule has 0 radical (unpaired) electrons. The average molecular weight is 365 g/mol. The number of carbonyl (C=O) groups is 1. The maximum Gasteiger partial charge on any atom is 0.229 e. The summed E-state index contributed by atoms with van der Waals surface area (Å²) in [5, 5.41) is 2.98. The Bertz CT molecular complexity index is 489. The number of hydrogen-bond donors (Lipinski definition) is 1. The predicted octanol–water partition coefficient (Wildman–Crippen LogP) is 4.08. The Labute approximate surface area is 132 Å². The molecule has 0 spiro atoms. The Hall–Kier alpha value is -0.250. The topological polar surface area (TPSA) is 29.1 Å². The van der Waals surface area contributed by atoms with Gasteiger partial charge in [0.25, 0.3) is 0 Å². The van der Waals surface area contributed by atoms with Gasteiger partial charge in [-0.1, -0.05) is 28.1 Å². The van der Waals surface area contributed by atoms with Crippen LogP contribution < -0.4 is 5.32 Å². The van der Waals surface area contributed by atoms with E-state index in [2.05, 4.69) is 21.2 Å². The van der Waals surface area contributed by atoms with Crippen LogP contribution in [0.4, 0.5) is 0 Å². The molecule has 0 bridgehead atoms. The van der Waals surface area contributed by atoms with E-state index in [1.807, 2.05) is 31.2 Å². The van der Waals surface area contributed by atoms with Crippen LogP contribution in [-0.4, -0.2) is 16.3 Å². The zero-order valence-electron chi connectivity index (χ0n) is 10.8. The third-order valence-electron chi connectivity index (χ3n) is 3.59. The van der Waals surface area contributed by atoms with Crippen molar-refractivity contribution < 1.29 is 4.79 Å². The van der Waals surface area contributed by atoms with Gasteiger partial charge in [-0.05, 0) is 44.4 Å². The van der Waals surface area contributed by atoms with Crippen molar-refractivity contribution in [2.45, 2.75) is 37.1 Å². The Kier molecular flexibility index (Phi) is 4.20. The average Bonchev–Trinajstić information content (AvgIpc) is 2.83. The number of alkyl halides is 2. The molecule has 19 heavy (non-hydrogen) atoms. The SMILES string of the molecule is C[C@@H](Cc1ccc(Br)cc1)NC(=O)[C@@]1(C)CC1(Cl)Cl. The van der Waals surface area contributed by atoms with E-state index < -0.39 is 9.75 Å². The minimum Gasteiger partial charge on any atom is -0.353 e. The van der Waals surface area contributed by atoms with Gasteiger partial charge >= 0.3 is 0 Å². The van der Waals surface area contributed by atoms with Crippen LogP contribution in [0.5, 0.6) is 0 Å². The molecule has 1 N–H and O–H groups in total. The highest BCUT2D eigenvalue weighted by atomic mass is 79.9. The van der Waals surface area contributed by atoms with Gasteiger partial charge in [0.05, 0.1) is 5.41 Å². The molecule has 1 aromatic rings. The molecule has 5 heteroatoms. The fraction of sp³-hybridized carbons (Fsp3) is 0.500. The monoisotopic (exact) mass is 363 g/mol. The number of halogens is 3. The molecule has 2 rings (SSSR count). The lowest BCUT2D eigenvalue weighted by Gasteiger charge is -2.18. The maximum absolute atomic E-state index is 12.1. The van der Waals surface area contributed by atoms with Gasteiger partial charge in [-0.25, -0.2) is 0 Å². The lowest BCUT2D eigenvalue weighted by atomic mass is 10.0. The van der Waals surface area contributed by atoms with Crippen LogP contribution in [0.25, 0.3) is 0 Å². The van der Waals surface area contributed by atoms with E-state index in [9.17, 15) is 4.79 Å². The van der Waals surface area contributed by atoms with Crippen LogP contribution in [0.2, 0.25) is 0 Å². The normalized spacial score (nSPS) is 25.7. The minimum absolute atomic E-state index is 0.0511. The van der Waals surface area contributed by atoms with E-state index in [0.29, 0.717) is 6.42 Å². The summed E-state index contributed by atoms with van der Waals surface area (Å²) >= 11 is 15.4. The Balaban J connectivity index is 1.90. The first-order chi connectivity index (χ1) is 8.74. The van der Waals surface area contributed by atoms with E-state index in [0.717, 1.165) is 10.9 Å². The lowest BCUT2D eigenvalue weighted by molar-refractivity contribution is -0.126. The van der Waals surface area contributed by atoms with Crippen molar-refractivity contribution in [1.82, 2.24) is 5.32 Å². The Morgan fingerprint density at radius 1 is 1.42 bits per heavy atom. The van der Waals surface area contributed by atoms with Crippen molar-refractivity contribution >= 4 is 45.0 Å². The van der Waals surface area contributed by atoms with Gasteiger partial charge in [-0.15, -0.1) is 23.2 Å². The van der Waals surface area contributed by atoms with Crippen molar-refractivity contribution in [3.05, 3.63) is 34.3 Å². The molecule has 0 heterocycles. The molecule has 1 aliphatic carbocycles. The van der Waals surface area contributed by atoms with Gasteiger partial charge < -0.3 is 5.32 Å². The van der Waals surface area contributed by atoms with Gasteiger partial charge in [-0.2, -0.15) is 0 Å². The summed E-state index contributed by atoms with van der Waals surface area (Å²) in [7, 11) is 0. The third-order valence-corrected chi connectivity index (χ3v) is 5.22. The van der Waals surface area contributed by atoms with Crippen molar-refractivity contribution in [2.75, 3.05) is 0 Å². The number of nitrogens with one attached hydrogen (secondary N) is 1. The zero-order valence-corrected chi connectivity index (χ0v) is 13.9. The summed E-state index contributed by atoms with van der Waals surface area (Å²) in [6, 6.07) is 8.12. The van der Waals surface area contributed by atoms with Crippen LogP contribution in [0.1, 0.15) is 25.8 Å². The summed E-state index contributed by atoms with van der Waals surface area (Å²) in [5.74, 6) is -0.0675. The third kappa shape index (κ3) is 3.26. The first-order valence-corrected chi connectivity index (χ1v) is 7.73. The number of amides is 1. The van der Waals surface area contributed by atoms with Gasteiger partial charge in [0.15, 0.2) is 0 Å². The smallest absolute Gasteiger partial charge is 0.229 e. The number of rotatable bonds is 4. The minimum atomic E-state index is -0.908. The summed E-state index contributed by atoms with van der Waals surface area (Å²) in [4.78, 5) is 12.1. The molecule has 1 aromatic carbocycles. The fourth-order valence-electron chi connectivity index (χ4n) is 2.05. The summed E-state index contributed by atoms with van der Waals surface area (Å²) in [6.07, 6.45) is 1.30. The standard InChI is InChI=1S/C14H16BrCl2NO/c1-9(7-10-3-5-11(15)6-4-10)18-12(19)13(2)8-14(13,16)17/h3-6,9H,7-8H2,1-2H3,(H,18,19)/t9-,13+/m0/s1. The maximum atomic E-state index is 12.1. The lowest BCUT2D eigenvalue weighted by Crippen LogP contribution is -2.40. The highest BCUT2D eigenvalue weighted by Crippen LogP contribution is 2.63. The molecule has 2 atom stereocenters. The molecular weight excluding hydrogens is 349 g/mol. The molecule has 0 aromatic heterocycles. The van der Waals surface area contributed by atoms with E-state index in [4.69, 9.17) is 23.2 Å². The fourth-order valence-corrected chi connectivity index (χ4v) is 3.02. The molecular formula is C14H16BrCl2NO. The molecule has 0 aliphatic heterocycles. The molecule has 1 amide bonds. The zero-order chi connectivity index (χ0) is 14.3. The molecule has 0 saturated heterocycles. The predicted molar refractivity (Wildman–Crippen MR) is 82.6 cm³/mol. The van der Waals surface area contributed by atoms with E-state index in [1.165, 1.54) is 5.56 Å². The molecule has 1 saturated carbocycles.